The van der Waals surface area contributed by atoms with Gasteiger partial charge in [-0.2, -0.15) is 0 Å². The van der Waals surface area contributed by atoms with Gasteiger partial charge >= 0.3 is 5.69 Å². The van der Waals surface area contributed by atoms with Crippen molar-refractivity contribution in [2.24, 2.45) is 0 Å². The Morgan fingerprint density at radius 3 is 2.67 bits per heavy atom. The molecule has 7 heteroatoms. The van der Waals surface area contributed by atoms with E-state index in [1.54, 1.807) is 0 Å². The minimum Gasteiger partial charge on any atom is -0.594 e. The Hall–Kier alpha value is -1.43. The summed E-state index contributed by atoms with van der Waals surface area (Å²) in [5, 5.41) is 24.9. The first-order valence-corrected chi connectivity index (χ1v) is 4.80. The van der Waals surface area contributed by atoms with Gasteiger partial charge in [0.05, 0.1) is 4.92 Å². The van der Waals surface area contributed by atoms with E-state index in [0.29, 0.717) is 23.3 Å². The molecule has 0 bridgehead atoms. The number of hydrogen-bond donors (Lipinski definition) is 0. The van der Waals surface area contributed by atoms with Crippen molar-refractivity contribution in [2.45, 2.75) is 26.7 Å². The molecule has 1 aromatic rings. The molecule has 0 aliphatic heterocycles. The summed E-state index contributed by atoms with van der Waals surface area (Å²) < 4.78 is 0. The minimum absolute atomic E-state index is 0.230. The molecule has 0 amide bonds. The molecule has 0 aromatic carbocycles. The van der Waals surface area contributed by atoms with Gasteiger partial charge in [-0.1, -0.05) is 18.2 Å². The summed E-state index contributed by atoms with van der Waals surface area (Å²) in [6.07, 6.45) is 1.13. The molecule has 0 saturated heterocycles. The lowest BCUT2D eigenvalue weighted by molar-refractivity contribution is -0.676. The standard InChI is InChI=1S/C8H10ClN3O3/c1-3-4-6-5(2)11(13)10-8(9)7(6)12(14)15/h3-4H2,1-2H3. The quantitative estimate of drug-likeness (QED) is 0.342. The lowest BCUT2D eigenvalue weighted by Crippen LogP contribution is -2.36. The van der Waals surface area contributed by atoms with Crippen LogP contribution in [0.15, 0.2) is 0 Å². The van der Waals surface area contributed by atoms with E-state index in [1.165, 1.54) is 6.92 Å². The average Bonchev–Trinajstić information content (AvgIpc) is 2.13. The molecule has 0 atom stereocenters. The molecule has 0 aliphatic carbocycles. The molecule has 0 saturated carbocycles. The summed E-state index contributed by atoms with van der Waals surface area (Å²) >= 11 is 5.56. The van der Waals surface area contributed by atoms with Crippen molar-refractivity contribution < 1.29 is 9.77 Å². The van der Waals surface area contributed by atoms with Crippen molar-refractivity contribution in [3.8, 4) is 0 Å². The molecule has 0 radical (unpaired) electrons. The first-order valence-electron chi connectivity index (χ1n) is 4.42. The maximum absolute atomic E-state index is 11.2. The minimum atomic E-state index is -0.604. The van der Waals surface area contributed by atoms with Crippen LogP contribution in [0.4, 0.5) is 5.69 Å². The van der Waals surface area contributed by atoms with Crippen LogP contribution in [0.1, 0.15) is 24.6 Å². The van der Waals surface area contributed by atoms with Gasteiger partial charge in [-0.25, -0.2) is 0 Å². The second kappa shape index (κ2) is 4.39. The molecule has 0 spiro atoms. The third-order valence-corrected chi connectivity index (χ3v) is 2.32. The normalized spacial score (nSPS) is 10.3. The van der Waals surface area contributed by atoms with E-state index in [9.17, 15) is 15.3 Å². The van der Waals surface area contributed by atoms with Gasteiger partial charge in [0.2, 0.25) is 5.69 Å². The number of aromatic nitrogens is 2. The lowest BCUT2D eigenvalue weighted by Gasteiger charge is -2.05. The molecule has 0 aliphatic rings. The number of nitrogens with zero attached hydrogens (tertiary/aromatic N) is 3. The molecule has 0 fully saturated rings. The van der Waals surface area contributed by atoms with E-state index in [1.807, 2.05) is 6.92 Å². The molecule has 82 valence electrons. The van der Waals surface area contributed by atoms with Crippen molar-refractivity contribution in [3.63, 3.8) is 0 Å². The van der Waals surface area contributed by atoms with Crippen LogP contribution in [0.5, 0.6) is 0 Å². The van der Waals surface area contributed by atoms with Gasteiger partial charge in [-0.3, -0.25) is 10.1 Å². The van der Waals surface area contributed by atoms with Crippen LogP contribution in [0.25, 0.3) is 0 Å². The summed E-state index contributed by atoms with van der Waals surface area (Å²) in [7, 11) is 0. The smallest absolute Gasteiger partial charge is 0.322 e. The summed E-state index contributed by atoms with van der Waals surface area (Å²) in [5.74, 6) is 0. The topological polar surface area (TPSA) is 83.0 Å². The van der Waals surface area contributed by atoms with Gasteiger partial charge in [0.1, 0.15) is 5.56 Å². The zero-order valence-electron chi connectivity index (χ0n) is 8.36. The van der Waals surface area contributed by atoms with Gasteiger partial charge in [0, 0.05) is 12.0 Å². The first-order chi connectivity index (χ1) is 6.99. The highest BCUT2D eigenvalue weighted by Crippen LogP contribution is 2.27. The van der Waals surface area contributed by atoms with E-state index in [2.05, 4.69) is 5.10 Å². The summed E-state index contributed by atoms with van der Waals surface area (Å²) in [6.45, 7) is 3.36. The van der Waals surface area contributed by atoms with E-state index in [4.69, 9.17) is 11.6 Å². The van der Waals surface area contributed by atoms with Gasteiger partial charge in [0.25, 0.3) is 5.15 Å². The molecule has 15 heavy (non-hydrogen) atoms. The summed E-state index contributed by atoms with van der Waals surface area (Å²) in [5.41, 5.74) is 0.327. The van der Waals surface area contributed by atoms with Gasteiger partial charge in [0.15, 0.2) is 0 Å². The van der Waals surface area contributed by atoms with E-state index in [0.717, 1.165) is 0 Å². The van der Waals surface area contributed by atoms with E-state index in [-0.39, 0.29) is 16.5 Å². The van der Waals surface area contributed by atoms with Crippen LogP contribution in [0.2, 0.25) is 5.15 Å². The molecular weight excluding hydrogens is 222 g/mol. The highest BCUT2D eigenvalue weighted by atomic mass is 35.5. The third kappa shape index (κ3) is 2.15. The fourth-order valence-electron chi connectivity index (χ4n) is 1.35. The fourth-order valence-corrected chi connectivity index (χ4v) is 1.60. The van der Waals surface area contributed by atoms with Gasteiger partial charge in [-0.15, -0.1) is 0 Å². The van der Waals surface area contributed by atoms with Crippen molar-refractivity contribution in [1.82, 2.24) is 5.10 Å². The van der Waals surface area contributed by atoms with E-state index >= 15 is 0 Å². The Morgan fingerprint density at radius 2 is 2.20 bits per heavy atom. The Balaban J connectivity index is 3.46. The Morgan fingerprint density at radius 1 is 1.60 bits per heavy atom. The Kier molecular flexibility index (Phi) is 3.41. The third-order valence-electron chi connectivity index (χ3n) is 2.07. The molecule has 6 nitrogen and oxygen atoms in total. The summed E-state index contributed by atoms with van der Waals surface area (Å²) in [4.78, 5) is 10.5. The summed E-state index contributed by atoms with van der Waals surface area (Å²) in [6, 6.07) is 0. The molecular formula is C8H10ClN3O3. The highest BCUT2D eigenvalue weighted by Gasteiger charge is 2.28. The molecule has 1 aromatic heterocycles. The van der Waals surface area contributed by atoms with Crippen LogP contribution in [0, 0.1) is 22.2 Å². The predicted molar refractivity (Wildman–Crippen MR) is 53.6 cm³/mol. The zero-order chi connectivity index (χ0) is 11.6. The van der Waals surface area contributed by atoms with Crippen LogP contribution < -0.4 is 4.85 Å². The number of hydrogen-bond acceptors (Lipinski definition) is 4. The van der Waals surface area contributed by atoms with Crippen molar-refractivity contribution in [1.29, 1.82) is 0 Å². The number of nitro groups is 1. The number of rotatable bonds is 3. The number of halogens is 1. The second-order valence-corrected chi connectivity index (χ2v) is 3.44. The maximum Gasteiger partial charge on any atom is 0.322 e. The van der Waals surface area contributed by atoms with Crippen LogP contribution in [-0.2, 0) is 6.42 Å². The van der Waals surface area contributed by atoms with Crippen molar-refractivity contribution in [2.75, 3.05) is 0 Å². The van der Waals surface area contributed by atoms with Gasteiger partial charge in [-0.05, 0) is 18.0 Å². The van der Waals surface area contributed by atoms with Gasteiger partial charge < -0.3 is 5.21 Å². The average molecular weight is 232 g/mol. The Labute approximate surface area is 91.2 Å². The zero-order valence-corrected chi connectivity index (χ0v) is 9.11. The van der Waals surface area contributed by atoms with Crippen molar-refractivity contribution >= 4 is 17.3 Å². The second-order valence-electron chi connectivity index (χ2n) is 3.08. The first kappa shape index (κ1) is 11.6. The molecule has 1 heterocycles. The van der Waals surface area contributed by atoms with Crippen LogP contribution in [-0.4, -0.2) is 10.0 Å². The molecule has 1 rings (SSSR count). The molecule has 0 N–H and O–H groups in total. The Bertz CT molecular complexity index is 409. The SMILES string of the molecule is CCCc1c([N+](=O)[O-])c(Cl)n[n+]([O-])c1C. The maximum atomic E-state index is 11.2. The lowest BCUT2D eigenvalue weighted by atomic mass is 10.1. The largest absolute Gasteiger partial charge is 0.594 e. The molecule has 0 unspecified atom stereocenters. The van der Waals surface area contributed by atoms with E-state index < -0.39 is 4.92 Å². The van der Waals surface area contributed by atoms with Crippen LogP contribution in [0.3, 0.4) is 0 Å². The highest BCUT2D eigenvalue weighted by molar-refractivity contribution is 6.31. The predicted octanol–water partition coefficient (Wildman–Crippen LogP) is 1.54. The van der Waals surface area contributed by atoms with Crippen molar-refractivity contribution in [3.05, 3.63) is 31.7 Å². The monoisotopic (exact) mass is 231 g/mol. The fraction of sp³-hybridized carbons (Fsp3) is 0.500. The van der Waals surface area contributed by atoms with Crippen LogP contribution >= 0.6 is 11.6 Å².